The Balaban J connectivity index is 1.95. The molecule has 4 rings (SSSR count). The van der Waals surface area contributed by atoms with E-state index in [9.17, 15) is 18.0 Å². The Morgan fingerprint density at radius 3 is 2.31 bits per heavy atom. The molecule has 0 bridgehead atoms. The standard InChI is InChI=1S/C22H15F3N2O2/c1-12-7-9-13(10-8-12)16-11-15(22(23,24)25)17-18(26)20(29-21(17)27-16)19(28)14-5-3-2-4-6-14/h2-11H,26H2,1H3. The minimum absolute atomic E-state index is 0.0808. The van der Waals surface area contributed by atoms with Gasteiger partial charge < -0.3 is 10.2 Å². The van der Waals surface area contributed by atoms with Crippen LogP contribution in [-0.2, 0) is 6.18 Å². The molecule has 0 aliphatic carbocycles. The van der Waals surface area contributed by atoms with Gasteiger partial charge in [-0.15, -0.1) is 0 Å². The number of fused-ring (bicyclic) bond motifs is 1. The minimum atomic E-state index is -4.70. The summed E-state index contributed by atoms with van der Waals surface area (Å²) in [6.45, 7) is 1.87. The van der Waals surface area contributed by atoms with Crippen LogP contribution in [0.15, 0.2) is 65.1 Å². The van der Waals surface area contributed by atoms with Crippen molar-refractivity contribution in [3.8, 4) is 11.3 Å². The van der Waals surface area contributed by atoms with E-state index < -0.39 is 22.9 Å². The average molecular weight is 396 g/mol. The van der Waals surface area contributed by atoms with Gasteiger partial charge >= 0.3 is 6.18 Å². The van der Waals surface area contributed by atoms with Crippen LogP contribution in [-0.4, -0.2) is 10.8 Å². The van der Waals surface area contributed by atoms with Crippen molar-refractivity contribution in [1.82, 2.24) is 4.98 Å². The normalized spacial score (nSPS) is 11.7. The molecule has 2 aromatic carbocycles. The SMILES string of the molecule is Cc1ccc(-c2cc(C(F)(F)F)c3c(N)c(C(=O)c4ccccc4)oc3n2)cc1. The fourth-order valence-corrected chi connectivity index (χ4v) is 3.11. The van der Waals surface area contributed by atoms with Crippen LogP contribution < -0.4 is 5.73 Å². The van der Waals surface area contributed by atoms with Crippen molar-refractivity contribution < 1.29 is 22.4 Å². The number of carbonyl (C=O) groups excluding carboxylic acids is 1. The summed E-state index contributed by atoms with van der Waals surface area (Å²) in [6, 6.07) is 15.9. The summed E-state index contributed by atoms with van der Waals surface area (Å²) in [5.41, 5.74) is 6.03. The maximum absolute atomic E-state index is 13.8. The first-order valence-electron chi connectivity index (χ1n) is 8.72. The summed E-state index contributed by atoms with van der Waals surface area (Å²) in [4.78, 5) is 16.9. The van der Waals surface area contributed by atoms with E-state index >= 15 is 0 Å². The molecule has 0 fully saturated rings. The number of nitrogen functional groups attached to an aromatic ring is 1. The van der Waals surface area contributed by atoms with Gasteiger partial charge in [0.05, 0.1) is 22.3 Å². The van der Waals surface area contributed by atoms with Crippen LogP contribution in [0.1, 0.15) is 27.2 Å². The van der Waals surface area contributed by atoms with Gasteiger partial charge in [0.25, 0.3) is 0 Å². The van der Waals surface area contributed by atoms with Crippen LogP contribution in [0.3, 0.4) is 0 Å². The highest BCUT2D eigenvalue weighted by Gasteiger charge is 2.37. The molecule has 0 amide bonds. The number of carbonyl (C=O) groups is 1. The van der Waals surface area contributed by atoms with Gasteiger partial charge in [-0.1, -0.05) is 60.2 Å². The Kier molecular flexibility index (Phi) is 4.38. The van der Waals surface area contributed by atoms with Crippen molar-refractivity contribution in [2.75, 3.05) is 5.73 Å². The number of nitrogens with two attached hydrogens (primary N) is 1. The van der Waals surface area contributed by atoms with Crippen molar-refractivity contribution in [1.29, 1.82) is 0 Å². The van der Waals surface area contributed by atoms with E-state index in [1.165, 1.54) is 12.1 Å². The molecule has 29 heavy (non-hydrogen) atoms. The second-order valence-corrected chi connectivity index (χ2v) is 6.64. The van der Waals surface area contributed by atoms with Gasteiger partial charge in [-0.25, -0.2) is 4.98 Å². The monoisotopic (exact) mass is 396 g/mol. The highest BCUT2D eigenvalue weighted by molar-refractivity contribution is 6.14. The third-order valence-corrected chi connectivity index (χ3v) is 4.59. The lowest BCUT2D eigenvalue weighted by Gasteiger charge is -2.10. The number of rotatable bonds is 3. The molecule has 2 aromatic heterocycles. The molecule has 0 spiro atoms. The van der Waals surface area contributed by atoms with Crippen LogP contribution in [0.25, 0.3) is 22.4 Å². The second kappa shape index (κ2) is 6.77. The fraction of sp³-hybridized carbons (Fsp3) is 0.0909. The number of anilines is 1. The second-order valence-electron chi connectivity index (χ2n) is 6.64. The summed E-state index contributed by atoms with van der Waals surface area (Å²) in [5.74, 6) is -0.962. The van der Waals surface area contributed by atoms with E-state index in [2.05, 4.69) is 4.98 Å². The van der Waals surface area contributed by atoms with Crippen LogP contribution in [0.2, 0.25) is 0 Å². The smallest absolute Gasteiger partial charge is 0.417 e. The number of nitrogens with zero attached hydrogens (tertiary/aromatic N) is 1. The van der Waals surface area contributed by atoms with E-state index in [0.717, 1.165) is 11.6 Å². The molecule has 4 nitrogen and oxygen atoms in total. The van der Waals surface area contributed by atoms with Crippen molar-refractivity contribution in [3.05, 3.63) is 83.1 Å². The topological polar surface area (TPSA) is 69.1 Å². The molecular weight excluding hydrogens is 381 g/mol. The summed E-state index contributed by atoms with van der Waals surface area (Å²) in [7, 11) is 0. The van der Waals surface area contributed by atoms with Crippen molar-refractivity contribution in [2.24, 2.45) is 0 Å². The van der Waals surface area contributed by atoms with Gasteiger partial charge in [0.2, 0.25) is 17.3 Å². The molecule has 0 atom stereocenters. The first-order valence-corrected chi connectivity index (χ1v) is 8.72. The van der Waals surface area contributed by atoms with Gasteiger partial charge in [0, 0.05) is 11.1 Å². The molecule has 0 aliphatic rings. The maximum atomic E-state index is 13.8. The number of aryl methyl sites for hydroxylation is 1. The van der Waals surface area contributed by atoms with E-state index in [-0.39, 0.29) is 28.4 Å². The number of benzene rings is 2. The Labute approximate surface area is 163 Å². The Hall–Kier alpha value is -3.61. The fourth-order valence-electron chi connectivity index (χ4n) is 3.11. The minimum Gasteiger partial charge on any atom is -0.432 e. The third-order valence-electron chi connectivity index (χ3n) is 4.59. The molecule has 2 heterocycles. The average Bonchev–Trinajstić information content (AvgIpc) is 3.03. The quantitative estimate of drug-likeness (QED) is 0.455. The predicted octanol–water partition coefficient (Wildman–Crippen LogP) is 5.64. The number of hydrogen-bond acceptors (Lipinski definition) is 4. The summed E-state index contributed by atoms with van der Waals surface area (Å²) in [6.07, 6.45) is -4.70. The van der Waals surface area contributed by atoms with Gasteiger partial charge in [-0.3, -0.25) is 4.79 Å². The van der Waals surface area contributed by atoms with E-state index in [4.69, 9.17) is 10.2 Å². The van der Waals surface area contributed by atoms with Crippen molar-refractivity contribution in [3.63, 3.8) is 0 Å². The van der Waals surface area contributed by atoms with Gasteiger partial charge in [0.15, 0.2) is 0 Å². The number of halogens is 3. The molecule has 2 N–H and O–H groups in total. The number of aromatic nitrogens is 1. The number of furan rings is 1. The third kappa shape index (κ3) is 3.35. The molecule has 4 aromatic rings. The lowest BCUT2D eigenvalue weighted by atomic mass is 10.0. The molecule has 0 saturated heterocycles. The van der Waals surface area contributed by atoms with Gasteiger partial charge in [-0.2, -0.15) is 13.2 Å². The highest BCUT2D eigenvalue weighted by atomic mass is 19.4. The van der Waals surface area contributed by atoms with Crippen LogP contribution in [0.5, 0.6) is 0 Å². The van der Waals surface area contributed by atoms with E-state index in [1.54, 1.807) is 42.5 Å². The predicted molar refractivity (Wildman–Crippen MR) is 103 cm³/mol. The van der Waals surface area contributed by atoms with E-state index in [1.807, 2.05) is 6.92 Å². The Morgan fingerprint density at radius 2 is 1.69 bits per heavy atom. The van der Waals surface area contributed by atoms with Crippen molar-refractivity contribution >= 4 is 22.6 Å². The molecule has 146 valence electrons. The molecule has 0 aliphatic heterocycles. The number of ketones is 1. The van der Waals surface area contributed by atoms with Gasteiger partial charge in [0.1, 0.15) is 0 Å². The molecule has 0 unspecified atom stereocenters. The summed E-state index contributed by atoms with van der Waals surface area (Å²) < 4.78 is 46.8. The molecule has 7 heteroatoms. The molecule has 0 radical (unpaired) electrons. The number of pyridine rings is 1. The Bertz CT molecular complexity index is 1210. The van der Waals surface area contributed by atoms with Crippen LogP contribution in [0.4, 0.5) is 18.9 Å². The number of hydrogen-bond donors (Lipinski definition) is 1. The number of alkyl halides is 3. The molecule has 0 saturated carbocycles. The first kappa shape index (κ1) is 18.7. The zero-order valence-corrected chi connectivity index (χ0v) is 15.2. The van der Waals surface area contributed by atoms with Crippen LogP contribution in [0, 0.1) is 6.92 Å². The Morgan fingerprint density at radius 1 is 1.03 bits per heavy atom. The molecular formula is C22H15F3N2O2. The highest BCUT2D eigenvalue weighted by Crippen LogP contribution is 2.41. The first-order chi connectivity index (χ1) is 13.8. The van der Waals surface area contributed by atoms with E-state index in [0.29, 0.717) is 5.56 Å². The van der Waals surface area contributed by atoms with Crippen molar-refractivity contribution in [2.45, 2.75) is 13.1 Å². The summed E-state index contributed by atoms with van der Waals surface area (Å²) in [5, 5.41) is -0.410. The lowest BCUT2D eigenvalue weighted by molar-refractivity contribution is -0.136. The zero-order valence-electron chi connectivity index (χ0n) is 15.2. The zero-order chi connectivity index (χ0) is 20.8. The lowest BCUT2D eigenvalue weighted by Crippen LogP contribution is -2.08. The summed E-state index contributed by atoms with van der Waals surface area (Å²) >= 11 is 0. The maximum Gasteiger partial charge on any atom is 0.417 e. The van der Waals surface area contributed by atoms with Gasteiger partial charge in [-0.05, 0) is 13.0 Å². The van der Waals surface area contributed by atoms with Crippen LogP contribution >= 0.6 is 0 Å². The largest absolute Gasteiger partial charge is 0.432 e.